The topological polar surface area (TPSA) is 57.2 Å². The van der Waals surface area contributed by atoms with E-state index in [1.165, 1.54) is 19.2 Å². The minimum absolute atomic E-state index is 0.0695. The zero-order valence-corrected chi connectivity index (χ0v) is 12.4. The summed E-state index contributed by atoms with van der Waals surface area (Å²) < 4.78 is 44.8. The van der Waals surface area contributed by atoms with Crippen LogP contribution in [0.1, 0.15) is 37.2 Å². The Morgan fingerprint density at radius 3 is 2.41 bits per heavy atom. The third-order valence-electron chi connectivity index (χ3n) is 3.49. The van der Waals surface area contributed by atoms with Gasteiger partial charge in [-0.3, -0.25) is 0 Å². The Kier molecular flexibility index (Phi) is 4.19. The quantitative estimate of drug-likeness (QED) is 0.883. The van der Waals surface area contributed by atoms with Crippen LogP contribution in [0.3, 0.4) is 0 Å². The number of methoxy groups -OCH3 is 1. The summed E-state index contributed by atoms with van der Waals surface area (Å²) in [5.74, 6) is -0.638. The van der Waals surface area contributed by atoms with Crippen molar-refractivity contribution in [3.63, 3.8) is 0 Å². The number of esters is 1. The fourth-order valence-electron chi connectivity index (χ4n) is 2.50. The maximum atomic E-state index is 12.8. The number of nitrogens with two attached hydrogens (primary N) is 1. The molecule has 0 amide bonds. The fourth-order valence-corrected chi connectivity index (χ4v) is 2.50. The largest absolute Gasteiger partial charge is 0.468 e. The standard InChI is InChI=1S/C15H17F3N2O2/c1-8(2)20-11-5-4-10(15(16,17)18)6-9(11)7-12(20)13(19)14(21)22-3/h4-8,13H,19H2,1-3H3. The van der Waals surface area contributed by atoms with Crippen molar-refractivity contribution in [1.82, 2.24) is 4.57 Å². The van der Waals surface area contributed by atoms with Gasteiger partial charge in [0.1, 0.15) is 6.04 Å². The number of halogens is 3. The SMILES string of the molecule is COC(=O)C(N)c1cc2cc(C(F)(F)F)ccc2n1C(C)C. The van der Waals surface area contributed by atoms with Crippen molar-refractivity contribution in [2.75, 3.05) is 7.11 Å². The summed E-state index contributed by atoms with van der Waals surface area (Å²) in [5, 5.41) is 0.387. The van der Waals surface area contributed by atoms with Gasteiger partial charge in [0, 0.05) is 22.6 Å². The molecule has 1 aromatic heterocycles. The molecule has 0 saturated heterocycles. The van der Waals surface area contributed by atoms with Crippen LogP contribution in [0, 0.1) is 0 Å². The molecule has 1 atom stereocenters. The number of aromatic nitrogens is 1. The Bertz CT molecular complexity index is 705. The van der Waals surface area contributed by atoms with E-state index in [0.717, 1.165) is 12.1 Å². The Balaban J connectivity index is 2.66. The number of fused-ring (bicyclic) bond motifs is 1. The van der Waals surface area contributed by atoms with Gasteiger partial charge < -0.3 is 15.0 Å². The van der Waals surface area contributed by atoms with Crippen molar-refractivity contribution in [2.45, 2.75) is 32.1 Å². The van der Waals surface area contributed by atoms with E-state index in [1.54, 1.807) is 4.57 Å². The first-order valence-electron chi connectivity index (χ1n) is 6.72. The highest BCUT2D eigenvalue weighted by Crippen LogP contribution is 2.34. The summed E-state index contributed by atoms with van der Waals surface area (Å²) in [7, 11) is 1.21. The highest BCUT2D eigenvalue weighted by Gasteiger charge is 2.31. The van der Waals surface area contributed by atoms with Crippen LogP contribution < -0.4 is 5.73 Å². The molecule has 1 heterocycles. The molecule has 120 valence electrons. The van der Waals surface area contributed by atoms with Crippen LogP contribution >= 0.6 is 0 Å². The van der Waals surface area contributed by atoms with Crippen molar-refractivity contribution in [1.29, 1.82) is 0 Å². The van der Waals surface area contributed by atoms with E-state index in [4.69, 9.17) is 5.73 Å². The average Bonchev–Trinajstić information content (AvgIpc) is 2.82. The highest BCUT2D eigenvalue weighted by atomic mass is 19.4. The zero-order chi connectivity index (χ0) is 16.7. The molecule has 0 bridgehead atoms. The van der Waals surface area contributed by atoms with Gasteiger partial charge in [-0.25, -0.2) is 4.79 Å². The van der Waals surface area contributed by atoms with Crippen molar-refractivity contribution in [3.8, 4) is 0 Å². The number of carbonyl (C=O) groups is 1. The second-order valence-electron chi connectivity index (χ2n) is 5.31. The molecule has 0 fully saturated rings. The molecule has 0 saturated carbocycles. The Morgan fingerprint density at radius 1 is 1.27 bits per heavy atom. The first-order chi connectivity index (χ1) is 10.2. The third kappa shape index (κ3) is 2.81. The number of hydrogen-bond acceptors (Lipinski definition) is 3. The molecule has 1 aromatic carbocycles. The van der Waals surface area contributed by atoms with Crippen LogP contribution in [0.5, 0.6) is 0 Å². The highest BCUT2D eigenvalue weighted by molar-refractivity contribution is 5.85. The van der Waals surface area contributed by atoms with Crippen LogP contribution in [-0.4, -0.2) is 17.6 Å². The number of nitrogens with zero attached hydrogens (tertiary/aromatic N) is 1. The number of alkyl halides is 3. The maximum Gasteiger partial charge on any atom is 0.416 e. The molecule has 2 rings (SSSR count). The summed E-state index contributed by atoms with van der Waals surface area (Å²) in [4.78, 5) is 11.6. The van der Waals surface area contributed by atoms with E-state index >= 15 is 0 Å². The van der Waals surface area contributed by atoms with Gasteiger partial charge in [-0.15, -0.1) is 0 Å². The number of rotatable bonds is 3. The molecule has 0 aliphatic rings. The van der Waals surface area contributed by atoms with Crippen LogP contribution in [0.2, 0.25) is 0 Å². The molecular formula is C15H17F3N2O2. The van der Waals surface area contributed by atoms with E-state index in [0.29, 0.717) is 16.6 Å². The lowest BCUT2D eigenvalue weighted by Crippen LogP contribution is -2.25. The van der Waals surface area contributed by atoms with E-state index in [1.807, 2.05) is 13.8 Å². The predicted molar refractivity (Wildman–Crippen MR) is 76.3 cm³/mol. The Hall–Kier alpha value is -2.02. The number of benzene rings is 1. The van der Waals surface area contributed by atoms with E-state index in [9.17, 15) is 18.0 Å². The third-order valence-corrected chi connectivity index (χ3v) is 3.49. The summed E-state index contributed by atoms with van der Waals surface area (Å²) >= 11 is 0. The van der Waals surface area contributed by atoms with Crippen molar-refractivity contribution < 1.29 is 22.7 Å². The van der Waals surface area contributed by atoms with Gasteiger partial charge >= 0.3 is 12.1 Å². The van der Waals surface area contributed by atoms with Gasteiger partial charge in [-0.2, -0.15) is 13.2 Å². The summed E-state index contributed by atoms with van der Waals surface area (Å²) in [6.45, 7) is 3.73. The Labute approximate surface area is 125 Å². The van der Waals surface area contributed by atoms with Gasteiger partial charge in [0.25, 0.3) is 0 Å². The Morgan fingerprint density at radius 2 is 1.91 bits per heavy atom. The number of carbonyl (C=O) groups excluding carboxylic acids is 1. The molecule has 0 spiro atoms. The van der Waals surface area contributed by atoms with Gasteiger partial charge in [-0.05, 0) is 38.1 Å². The molecule has 0 aliphatic carbocycles. The lowest BCUT2D eigenvalue weighted by molar-refractivity contribution is -0.142. The van der Waals surface area contributed by atoms with Crippen LogP contribution in [0.4, 0.5) is 13.2 Å². The summed E-state index contributed by atoms with van der Waals surface area (Å²) in [6, 6.07) is 3.86. The first kappa shape index (κ1) is 16.4. The smallest absolute Gasteiger partial charge is 0.416 e. The molecule has 2 aromatic rings. The molecular weight excluding hydrogens is 297 g/mol. The van der Waals surface area contributed by atoms with Gasteiger partial charge in [-0.1, -0.05) is 0 Å². The van der Waals surface area contributed by atoms with Crippen LogP contribution in [0.15, 0.2) is 24.3 Å². The molecule has 2 N–H and O–H groups in total. The zero-order valence-electron chi connectivity index (χ0n) is 12.4. The maximum absolute atomic E-state index is 12.8. The normalized spacial score (nSPS) is 13.6. The van der Waals surface area contributed by atoms with E-state index < -0.39 is 23.8 Å². The average molecular weight is 314 g/mol. The second kappa shape index (κ2) is 5.64. The lowest BCUT2D eigenvalue weighted by atomic mass is 10.1. The molecule has 22 heavy (non-hydrogen) atoms. The second-order valence-corrected chi connectivity index (χ2v) is 5.31. The fraction of sp³-hybridized carbons (Fsp3) is 0.400. The number of hydrogen-bond donors (Lipinski definition) is 1. The molecule has 0 radical (unpaired) electrons. The molecule has 1 unspecified atom stereocenters. The van der Waals surface area contributed by atoms with Gasteiger partial charge in [0.2, 0.25) is 0 Å². The van der Waals surface area contributed by atoms with E-state index in [2.05, 4.69) is 4.74 Å². The summed E-state index contributed by atoms with van der Waals surface area (Å²) in [5.41, 5.74) is 6.14. The van der Waals surface area contributed by atoms with Crippen LogP contribution in [-0.2, 0) is 15.7 Å². The van der Waals surface area contributed by atoms with Gasteiger partial charge in [0.05, 0.1) is 12.7 Å². The predicted octanol–water partition coefficient (Wildman–Crippen LogP) is 3.41. The first-order valence-corrected chi connectivity index (χ1v) is 6.72. The monoisotopic (exact) mass is 314 g/mol. The van der Waals surface area contributed by atoms with Crippen molar-refractivity contribution in [2.24, 2.45) is 5.73 Å². The van der Waals surface area contributed by atoms with E-state index in [-0.39, 0.29) is 6.04 Å². The van der Waals surface area contributed by atoms with Gasteiger partial charge in [0.15, 0.2) is 0 Å². The minimum Gasteiger partial charge on any atom is -0.468 e. The molecule has 4 nitrogen and oxygen atoms in total. The van der Waals surface area contributed by atoms with Crippen molar-refractivity contribution in [3.05, 3.63) is 35.5 Å². The minimum atomic E-state index is -4.42. The lowest BCUT2D eigenvalue weighted by Gasteiger charge is -2.18. The molecule has 0 aliphatic heterocycles. The van der Waals surface area contributed by atoms with Crippen LogP contribution in [0.25, 0.3) is 10.9 Å². The summed E-state index contributed by atoms with van der Waals surface area (Å²) in [6.07, 6.45) is -4.42. The van der Waals surface area contributed by atoms with Crippen molar-refractivity contribution >= 4 is 16.9 Å². The number of ether oxygens (including phenoxy) is 1. The molecule has 7 heteroatoms.